The Morgan fingerprint density at radius 1 is 1.32 bits per heavy atom. The van der Waals surface area contributed by atoms with Crippen LogP contribution in [0.3, 0.4) is 0 Å². The maximum absolute atomic E-state index is 12.8. The molecule has 108 valence electrons. The highest BCUT2D eigenvalue weighted by Crippen LogP contribution is 2.32. The van der Waals surface area contributed by atoms with E-state index in [4.69, 9.17) is 4.74 Å². The Morgan fingerprint density at radius 3 is 2.42 bits per heavy atom. The third kappa shape index (κ3) is 2.36. The highest BCUT2D eigenvalue weighted by atomic mass is 16.5. The smallest absolute Gasteiger partial charge is 0.246 e. The Hall–Kier alpha value is -1.10. The van der Waals surface area contributed by atoms with Gasteiger partial charge in [-0.25, -0.2) is 0 Å². The molecule has 2 atom stereocenters. The number of rotatable bonds is 1. The summed E-state index contributed by atoms with van der Waals surface area (Å²) in [6, 6.07) is -0.452. The fraction of sp³-hybridized carbons (Fsp3) is 0.857. The minimum absolute atomic E-state index is 0.00704. The van der Waals surface area contributed by atoms with Crippen molar-refractivity contribution in [1.29, 1.82) is 0 Å². The van der Waals surface area contributed by atoms with E-state index in [-0.39, 0.29) is 23.3 Å². The van der Waals surface area contributed by atoms with E-state index < -0.39 is 11.6 Å². The molecule has 0 bridgehead atoms. The summed E-state index contributed by atoms with van der Waals surface area (Å²) in [5.41, 5.74) is -1.10. The van der Waals surface area contributed by atoms with Crippen LogP contribution in [0.4, 0.5) is 0 Å². The first-order chi connectivity index (χ1) is 8.65. The molecule has 2 saturated heterocycles. The normalized spacial score (nSPS) is 31.5. The molecule has 0 aromatic rings. The molecule has 0 aromatic heterocycles. The van der Waals surface area contributed by atoms with Crippen molar-refractivity contribution in [3.8, 4) is 0 Å². The highest BCUT2D eigenvalue weighted by Gasteiger charge is 2.52. The largest absolute Gasteiger partial charge is 0.379 e. The van der Waals surface area contributed by atoms with Gasteiger partial charge in [-0.2, -0.15) is 0 Å². The zero-order valence-electron chi connectivity index (χ0n) is 12.4. The summed E-state index contributed by atoms with van der Waals surface area (Å²) in [7, 11) is 0. The number of carbonyl (C=O) groups excluding carboxylic acids is 2. The van der Waals surface area contributed by atoms with Crippen LogP contribution < -0.4 is 5.32 Å². The number of ether oxygens (including phenoxy) is 1. The zero-order chi connectivity index (χ0) is 14.4. The number of piperazine rings is 1. The SMILES string of the molecule is CC(C)(C)C1NC(=O)C(C)(C)N(C2CCOC2)C1=O. The lowest BCUT2D eigenvalue weighted by Gasteiger charge is -2.49. The van der Waals surface area contributed by atoms with Crippen molar-refractivity contribution in [2.75, 3.05) is 13.2 Å². The van der Waals surface area contributed by atoms with Crippen molar-refractivity contribution >= 4 is 11.8 Å². The van der Waals surface area contributed by atoms with Gasteiger partial charge in [0.15, 0.2) is 0 Å². The summed E-state index contributed by atoms with van der Waals surface area (Å²) in [5.74, 6) is -0.0773. The van der Waals surface area contributed by atoms with Crippen LogP contribution in [0.2, 0.25) is 0 Å². The Labute approximate surface area is 114 Å². The summed E-state index contributed by atoms with van der Waals surface area (Å²) in [4.78, 5) is 26.9. The minimum atomic E-state index is -0.808. The van der Waals surface area contributed by atoms with Crippen LogP contribution in [0.25, 0.3) is 0 Å². The van der Waals surface area contributed by atoms with E-state index in [2.05, 4.69) is 5.32 Å². The molecule has 0 aliphatic carbocycles. The van der Waals surface area contributed by atoms with Gasteiger partial charge in [0.1, 0.15) is 11.6 Å². The molecule has 0 saturated carbocycles. The number of nitrogens with zero attached hydrogens (tertiary/aromatic N) is 1. The van der Waals surface area contributed by atoms with Crippen LogP contribution >= 0.6 is 0 Å². The molecule has 2 aliphatic heterocycles. The van der Waals surface area contributed by atoms with Crippen molar-refractivity contribution < 1.29 is 14.3 Å². The lowest BCUT2D eigenvalue weighted by molar-refractivity contribution is -0.161. The Morgan fingerprint density at radius 2 is 1.95 bits per heavy atom. The van der Waals surface area contributed by atoms with E-state index in [1.165, 1.54) is 0 Å². The molecule has 2 rings (SSSR count). The van der Waals surface area contributed by atoms with Gasteiger partial charge in [0.05, 0.1) is 12.6 Å². The molecule has 2 amide bonds. The van der Waals surface area contributed by atoms with Gasteiger partial charge in [-0.3, -0.25) is 9.59 Å². The minimum Gasteiger partial charge on any atom is -0.379 e. The van der Waals surface area contributed by atoms with Crippen molar-refractivity contribution in [3.63, 3.8) is 0 Å². The lowest BCUT2D eigenvalue weighted by atomic mass is 9.81. The molecule has 0 radical (unpaired) electrons. The molecule has 19 heavy (non-hydrogen) atoms. The lowest BCUT2D eigenvalue weighted by Crippen LogP contribution is -2.72. The third-order valence-corrected chi connectivity index (χ3v) is 4.05. The molecule has 0 spiro atoms. The molecule has 5 heteroatoms. The highest BCUT2D eigenvalue weighted by molar-refractivity contribution is 5.99. The van der Waals surface area contributed by atoms with Gasteiger partial charge in [0.2, 0.25) is 11.8 Å². The van der Waals surface area contributed by atoms with Crippen molar-refractivity contribution in [2.24, 2.45) is 5.41 Å². The van der Waals surface area contributed by atoms with Crippen LogP contribution in [0.15, 0.2) is 0 Å². The first-order valence-corrected chi connectivity index (χ1v) is 6.87. The second-order valence-electron chi connectivity index (χ2n) is 7.06. The summed E-state index contributed by atoms with van der Waals surface area (Å²) in [6.45, 7) is 10.7. The third-order valence-electron chi connectivity index (χ3n) is 4.05. The fourth-order valence-corrected chi connectivity index (χ4v) is 2.84. The molecule has 0 aromatic carbocycles. The van der Waals surface area contributed by atoms with E-state index >= 15 is 0 Å². The van der Waals surface area contributed by atoms with E-state index in [1.807, 2.05) is 20.8 Å². The number of amides is 2. The number of nitrogens with one attached hydrogen (secondary N) is 1. The van der Waals surface area contributed by atoms with Gasteiger partial charge in [-0.05, 0) is 25.7 Å². The molecular weight excluding hydrogens is 244 g/mol. The predicted molar refractivity (Wildman–Crippen MR) is 71.5 cm³/mol. The van der Waals surface area contributed by atoms with Gasteiger partial charge in [-0.1, -0.05) is 20.8 Å². The van der Waals surface area contributed by atoms with E-state index in [9.17, 15) is 9.59 Å². The maximum Gasteiger partial charge on any atom is 0.246 e. The van der Waals surface area contributed by atoms with Crippen LogP contribution in [0, 0.1) is 5.41 Å². The van der Waals surface area contributed by atoms with Crippen LogP contribution in [0.5, 0.6) is 0 Å². The van der Waals surface area contributed by atoms with Gasteiger partial charge in [-0.15, -0.1) is 0 Å². The molecule has 2 unspecified atom stereocenters. The van der Waals surface area contributed by atoms with E-state index in [0.29, 0.717) is 13.2 Å². The average molecular weight is 268 g/mol. The standard InChI is InChI=1S/C14H24N2O3/c1-13(2,3)10-11(17)16(9-6-7-19-8-9)14(4,5)12(18)15-10/h9-10H,6-8H2,1-5H3,(H,15,18). The predicted octanol–water partition coefficient (Wildman–Crippen LogP) is 0.927. The first kappa shape index (κ1) is 14.3. The zero-order valence-corrected chi connectivity index (χ0v) is 12.4. The molecule has 2 aliphatic rings. The Kier molecular flexibility index (Phi) is 3.37. The number of carbonyl (C=O) groups is 2. The van der Waals surface area contributed by atoms with Crippen molar-refractivity contribution in [2.45, 2.75) is 58.7 Å². The van der Waals surface area contributed by atoms with Crippen LogP contribution in [-0.4, -0.2) is 47.6 Å². The second-order valence-corrected chi connectivity index (χ2v) is 7.06. The number of hydrogen-bond donors (Lipinski definition) is 1. The molecule has 2 fully saturated rings. The monoisotopic (exact) mass is 268 g/mol. The van der Waals surface area contributed by atoms with Crippen LogP contribution in [-0.2, 0) is 14.3 Å². The van der Waals surface area contributed by atoms with E-state index in [0.717, 1.165) is 6.42 Å². The van der Waals surface area contributed by atoms with Crippen molar-refractivity contribution in [1.82, 2.24) is 10.2 Å². The van der Waals surface area contributed by atoms with E-state index in [1.54, 1.807) is 18.7 Å². The van der Waals surface area contributed by atoms with Gasteiger partial charge < -0.3 is 15.0 Å². The first-order valence-electron chi connectivity index (χ1n) is 6.87. The topological polar surface area (TPSA) is 58.6 Å². The molecule has 2 heterocycles. The quantitative estimate of drug-likeness (QED) is 0.769. The maximum atomic E-state index is 12.8. The fourth-order valence-electron chi connectivity index (χ4n) is 2.84. The van der Waals surface area contributed by atoms with Gasteiger partial charge >= 0.3 is 0 Å². The Bertz CT molecular complexity index is 392. The Balaban J connectivity index is 2.35. The second kappa shape index (κ2) is 4.47. The van der Waals surface area contributed by atoms with Crippen molar-refractivity contribution in [3.05, 3.63) is 0 Å². The van der Waals surface area contributed by atoms with Crippen LogP contribution in [0.1, 0.15) is 41.0 Å². The molecular formula is C14H24N2O3. The number of hydrogen-bond acceptors (Lipinski definition) is 3. The summed E-state index contributed by atoms with van der Waals surface area (Å²) in [6.07, 6.45) is 0.805. The average Bonchev–Trinajstić information content (AvgIpc) is 2.75. The summed E-state index contributed by atoms with van der Waals surface area (Å²) >= 11 is 0. The molecule has 1 N–H and O–H groups in total. The van der Waals surface area contributed by atoms with Gasteiger partial charge in [0, 0.05) is 6.61 Å². The van der Waals surface area contributed by atoms with Gasteiger partial charge in [0.25, 0.3) is 0 Å². The summed E-state index contributed by atoms with van der Waals surface area (Å²) < 4.78 is 5.38. The summed E-state index contributed by atoms with van der Waals surface area (Å²) in [5, 5.41) is 2.88. The molecule has 5 nitrogen and oxygen atoms in total.